The van der Waals surface area contributed by atoms with Gasteiger partial charge >= 0.3 is 0 Å². The van der Waals surface area contributed by atoms with Crippen LogP contribution in [0, 0.1) is 0 Å². The molecule has 4 amide bonds. The summed E-state index contributed by atoms with van der Waals surface area (Å²) in [7, 11) is 0. The van der Waals surface area contributed by atoms with Gasteiger partial charge in [0.2, 0.25) is 24.3 Å². The Morgan fingerprint density at radius 1 is 0.469 bits per heavy atom. The van der Waals surface area contributed by atoms with Gasteiger partial charge in [-0.2, -0.15) is 0 Å². The van der Waals surface area contributed by atoms with Crippen LogP contribution in [0.2, 0.25) is 0 Å². The molecule has 0 saturated heterocycles. The van der Waals surface area contributed by atoms with Crippen LogP contribution in [-0.4, -0.2) is 47.9 Å². The maximum absolute atomic E-state index is 11.1. The van der Waals surface area contributed by atoms with E-state index in [1.165, 1.54) is 48.5 Å². The Bertz CT molecular complexity index is 1160. The van der Waals surface area contributed by atoms with Crippen molar-refractivity contribution < 1.29 is 38.4 Å². The number of carbonyl (C=O) groups excluding carboxylic acids is 8. The summed E-state index contributed by atoms with van der Waals surface area (Å²) in [4.78, 5) is 95.3. The number of isocyanates is 4. The van der Waals surface area contributed by atoms with Crippen LogP contribution in [0.3, 0.4) is 0 Å². The maximum Gasteiger partial charge on any atom is 0.287 e. The third-order valence-corrected chi connectivity index (χ3v) is 3.32. The minimum absolute atomic E-state index is 0.0373. The Morgan fingerprint density at radius 2 is 0.750 bits per heavy atom. The summed E-state index contributed by atoms with van der Waals surface area (Å²) in [5, 5.41) is 0. The Morgan fingerprint density at radius 3 is 1.03 bits per heavy atom. The number of aliphatic imine (C=N–C) groups is 4. The minimum atomic E-state index is -0.820. The standard InChI is InChI=1S/2C10H4N2O4/c13-5-11-9(15)7-1-2-8(4-3-7)10(16)12-6-14;13-5-11-9(15)7-2-1-3-8(4-7)10(16)12-6-14/h2*1-4H. The Hall–Kier alpha value is -5.36. The highest BCUT2D eigenvalue weighted by molar-refractivity contribution is 6.02. The van der Waals surface area contributed by atoms with Gasteiger partial charge in [-0.3, -0.25) is 19.2 Å². The lowest BCUT2D eigenvalue weighted by molar-refractivity contribution is 0.0991. The molecule has 0 aliphatic heterocycles. The molecule has 0 spiro atoms. The zero-order chi connectivity index (χ0) is 23.9. The molecule has 12 nitrogen and oxygen atoms in total. The summed E-state index contributed by atoms with van der Waals surface area (Å²) in [6.07, 6.45) is 4.41. The zero-order valence-corrected chi connectivity index (χ0v) is 15.7. The molecule has 156 valence electrons. The van der Waals surface area contributed by atoms with E-state index in [-0.39, 0.29) is 22.3 Å². The van der Waals surface area contributed by atoms with Crippen molar-refractivity contribution in [3.8, 4) is 0 Å². The summed E-state index contributed by atoms with van der Waals surface area (Å²) in [6, 6.07) is 10.5. The van der Waals surface area contributed by atoms with E-state index in [1.807, 2.05) is 0 Å². The molecule has 0 aromatic heterocycles. The molecule has 32 heavy (non-hydrogen) atoms. The molecular weight excluding hydrogens is 424 g/mol. The molecule has 0 fully saturated rings. The van der Waals surface area contributed by atoms with E-state index in [0.29, 0.717) is 0 Å². The van der Waals surface area contributed by atoms with Gasteiger partial charge in [0.15, 0.2) is 0 Å². The fourth-order valence-corrected chi connectivity index (χ4v) is 1.96. The highest BCUT2D eigenvalue weighted by atomic mass is 16.2. The Kier molecular flexibility index (Phi) is 10.0. The van der Waals surface area contributed by atoms with Crippen LogP contribution in [0.5, 0.6) is 0 Å². The molecule has 0 aliphatic rings. The van der Waals surface area contributed by atoms with Crippen molar-refractivity contribution in [2.75, 3.05) is 0 Å². The molecule has 0 heterocycles. The molecular formula is C20H8N4O8. The van der Waals surface area contributed by atoms with Crippen LogP contribution in [-0.2, 0) is 19.2 Å². The SMILES string of the molecule is O=C=NC(=O)c1ccc(C(=O)N=C=O)cc1.O=C=NC(=O)c1cccc(C(=O)N=C=O)c1. The lowest BCUT2D eigenvalue weighted by Crippen LogP contribution is -1.99. The van der Waals surface area contributed by atoms with Crippen molar-refractivity contribution in [3.05, 3.63) is 70.8 Å². The van der Waals surface area contributed by atoms with Crippen LogP contribution < -0.4 is 0 Å². The van der Waals surface area contributed by atoms with Gasteiger partial charge in [-0.1, -0.05) is 6.07 Å². The quantitative estimate of drug-likeness (QED) is 0.510. The van der Waals surface area contributed by atoms with Gasteiger partial charge in [0, 0.05) is 22.3 Å². The summed E-state index contributed by atoms with van der Waals surface area (Å²) in [5.74, 6) is -3.15. The van der Waals surface area contributed by atoms with Crippen LogP contribution in [0.15, 0.2) is 68.5 Å². The predicted molar refractivity (Wildman–Crippen MR) is 103 cm³/mol. The lowest BCUT2D eigenvalue weighted by atomic mass is 10.1. The molecule has 2 aromatic rings. The second kappa shape index (κ2) is 13.0. The largest absolute Gasteiger partial charge is 0.287 e. The average Bonchev–Trinajstić information content (AvgIpc) is 2.80. The smallest absolute Gasteiger partial charge is 0.266 e. The first-order chi connectivity index (χ1) is 15.4. The third-order valence-electron chi connectivity index (χ3n) is 3.32. The topological polar surface area (TPSA) is 186 Å². The van der Waals surface area contributed by atoms with Crippen LogP contribution in [0.4, 0.5) is 0 Å². The summed E-state index contributed by atoms with van der Waals surface area (Å²) < 4.78 is 0. The van der Waals surface area contributed by atoms with Crippen LogP contribution in [0.1, 0.15) is 41.4 Å². The maximum atomic E-state index is 11.1. The van der Waals surface area contributed by atoms with Crippen molar-refractivity contribution in [1.29, 1.82) is 0 Å². The monoisotopic (exact) mass is 432 g/mol. The Balaban J connectivity index is 0.000000320. The fraction of sp³-hybridized carbons (Fsp3) is 0. The fourth-order valence-electron chi connectivity index (χ4n) is 1.96. The molecule has 2 aromatic carbocycles. The van der Waals surface area contributed by atoms with Gasteiger partial charge in [0.05, 0.1) is 0 Å². The highest BCUT2D eigenvalue weighted by Gasteiger charge is 2.09. The molecule has 12 heteroatoms. The van der Waals surface area contributed by atoms with Gasteiger partial charge in [-0.05, 0) is 42.5 Å². The third kappa shape index (κ3) is 7.57. The van der Waals surface area contributed by atoms with Gasteiger partial charge in [0.25, 0.3) is 23.6 Å². The Labute approximate surface area is 177 Å². The first-order valence-electron chi connectivity index (χ1n) is 8.06. The second-order valence-electron chi connectivity index (χ2n) is 5.19. The molecule has 0 unspecified atom stereocenters. The van der Waals surface area contributed by atoms with E-state index in [2.05, 4.69) is 20.0 Å². The molecule has 0 atom stereocenters. The average molecular weight is 432 g/mol. The van der Waals surface area contributed by atoms with Crippen LogP contribution >= 0.6 is 0 Å². The molecule has 2 rings (SSSR count). The van der Waals surface area contributed by atoms with Crippen molar-refractivity contribution in [2.24, 2.45) is 20.0 Å². The van der Waals surface area contributed by atoms with Crippen molar-refractivity contribution in [2.45, 2.75) is 0 Å². The number of nitrogens with zero attached hydrogens (tertiary/aromatic N) is 4. The molecule has 0 N–H and O–H groups in total. The van der Waals surface area contributed by atoms with E-state index in [4.69, 9.17) is 0 Å². The second-order valence-corrected chi connectivity index (χ2v) is 5.19. The van der Waals surface area contributed by atoms with Gasteiger partial charge in [0.1, 0.15) is 0 Å². The number of hydrogen-bond acceptors (Lipinski definition) is 8. The van der Waals surface area contributed by atoms with Crippen molar-refractivity contribution in [1.82, 2.24) is 0 Å². The first-order valence-corrected chi connectivity index (χ1v) is 8.06. The van der Waals surface area contributed by atoms with E-state index in [1.54, 1.807) is 0 Å². The van der Waals surface area contributed by atoms with Gasteiger partial charge in [-0.15, -0.1) is 20.0 Å². The van der Waals surface area contributed by atoms with Crippen molar-refractivity contribution in [3.63, 3.8) is 0 Å². The lowest BCUT2D eigenvalue weighted by Gasteiger charge is -1.96. The summed E-state index contributed by atoms with van der Waals surface area (Å²) in [6.45, 7) is 0. The highest BCUT2D eigenvalue weighted by Crippen LogP contribution is 2.08. The number of hydrogen-bond donors (Lipinski definition) is 0. The summed E-state index contributed by atoms with van der Waals surface area (Å²) >= 11 is 0. The van der Waals surface area contributed by atoms with Crippen molar-refractivity contribution >= 4 is 47.9 Å². The molecule has 0 bridgehead atoms. The van der Waals surface area contributed by atoms with Crippen LogP contribution in [0.25, 0.3) is 0 Å². The number of rotatable bonds is 4. The number of benzene rings is 2. The zero-order valence-electron chi connectivity index (χ0n) is 15.7. The minimum Gasteiger partial charge on any atom is -0.266 e. The van der Waals surface area contributed by atoms with E-state index in [0.717, 1.165) is 24.3 Å². The number of amides is 4. The predicted octanol–water partition coefficient (Wildman–Crippen LogP) is 1.28. The van der Waals surface area contributed by atoms with E-state index < -0.39 is 23.6 Å². The normalized spacial score (nSPS) is 8.50. The first kappa shape index (κ1) is 24.7. The van der Waals surface area contributed by atoms with E-state index in [9.17, 15) is 38.4 Å². The van der Waals surface area contributed by atoms with Gasteiger partial charge in [-0.25, -0.2) is 19.2 Å². The molecule has 0 radical (unpaired) electrons. The van der Waals surface area contributed by atoms with E-state index >= 15 is 0 Å². The molecule has 0 aliphatic carbocycles. The van der Waals surface area contributed by atoms with Gasteiger partial charge < -0.3 is 0 Å². The molecule has 0 saturated carbocycles. The number of carbonyl (C=O) groups is 4. The summed E-state index contributed by atoms with van der Waals surface area (Å²) in [5.41, 5.74) is 0.343.